The van der Waals surface area contributed by atoms with Crippen molar-refractivity contribution < 1.29 is 14.4 Å². The summed E-state index contributed by atoms with van der Waals surface area (Å²) < 4.78 is 1.74. The zero-order valence-electron chi connectivity index (χ0n) is 10.7. The summed E-state index contributed by atoms with van der Waals surface area (Å²) in [6, 6.07) is 1.56. The van der Waals surface area contributed by atoms with Crippen molar-refractivity contribution in [3.05, 3.63) is 18.0 Å². The van der Waals surface area contributed by atoms with Crippen LogP contribution >= 0.6 is 0 Å². The number of aromatic nitrogens is 1. The maximum absolute atomic E-state index is 12.3. The smallest absolute Gasteiger partial charge is 0.271 e. The number of nitrogens with zero attached hydrogens (tertiary/aromatic N) is 2. The second-order valence-corrected chi connectivity index (χ2v) is 4.48. The van der Waals surface area contributed by atoms with Crippen LogP contribution in [-0.4, -0.2) is 40.3 Å². The number of nitrogens with two attached hydrogens (primary N) is 1. The first kappa shape index (κ1) is 13.1. The fraction of sp³-hybridized carbons (Fsp3) is 0.417. The van der Waals surface area contributed by atoms with Gasteiger partial charge in [-0.25, -0.2) is 0 Å². The lowest BCUT2D eigenvalue weighted by atomic mass is 10.3. The van der Waals surface area contributed by atoms with Gasteiger partial charge in [-0.3, -0.25) is 19.7 Å². The van der Waals surface area contributed by atoms with Gasteiger partial charge in [0.1, 0.15) is 18.8 Å². The molecule has 1 aromatic heterocycles. The van der Waals surface area contributed by atoms with Crippen molar-refractivity contribution >= 4 is 23.4 Å². The molecule has 2 heterocycles. The van der Waals surface area contributed by atoms with Gasteiger partial charge in [0.25, 0.3) is 5.91 Å². The van der Waals surface area contributed by atoms with Gasteiger partial charge in [-0.1, -0.05) is 6.92 Å². The van der Waals surface area contributed by atoms with Gasteiger partial charge in [0.2, 0.25) is 11.8 Å². The second kappa shape index (κ2) is 5.13. The highest BCUT2D eigenvalue weighted by molar-refractivity contribution is 6.05. The lowest BCUT2D eigenvalue weighted by Crippen LogP contribution is -2.53. The van der Waals surface area contributed by atoms with Crippen LogP contribution in [-0.2, 0) is 16.1 Å². The van der Waals surface area contributed by atoms with Gasteiger partial charge >= 0.3 is 0 Å². The lowest BCUT2D eigenvalue weighted by molar-refractivity contribution is -0.135. The van der Waals surface area contributed by atoms with Crippen LogP contribution in [0.5, 0.6) is 0 Å². The number of carbonyl (C=O) groups is 3. The predicted molar refractivity (Wildman–Crippen MR) is 68.2 cm³/mol. The summed E-state index contributed by atoms with van der Waals surface area (Å²) >= 11 is 0. The number of amides is 3. The number of rotatable bonds is 3. The van der Waals surface area contributed by atoms with Gasteiger partial charge in [-0.2, -0.15) is 0 Å². The molecule has 0 unspecified atom stereocenters. The first-order valence-corrected chi connectivity index (χ1v) is 6.09. The van der Waals surface area contributed by atoms with E-state index in [0.717, 1.165) is 6.42 Å². The minimum Gasteiger partial charge on any atom is -0.397 e. The van der Waals surface area contributed by atoms with E-state index >= 15 is 0 Å². The van der Waals surface area contributed by atoms with E-state index in [9.17, 15) is 14.4 Å². The molecule has 0 saturated carbocycles. The highest BCUT2D eigenvalue weighted by atomic mass is 16.2. The third-order valence-corrected chi connectivity index (χ3v) is 2.84. The van der Waals surface area contributed by atoms with Crippen LogP contribution in [0.1, 0.15) is 23.8 Å². The number of carbonyl (C=O) groups excluding carboxylic acids is 3. The molecule has 0 spiro atoms. The van der Waals surface area contributed by atoms with E-state index in [-0.39, 0.29) is 19.0 Å². The summed E-state index contributed by atoms with van der Waals surface area (Å²) in [6.07, 6.45) is 2.54. The lowest BCUT2D eigenvalue weighted by Gasteiger charge is -2.25. The van der Waals surface area contributed by atoms with E-state index in [1.165, 1.54) is 4.90 Å². The molecule has 2 rings (SSSR count). The van der Waals surface area contributed by atoms with Gasteiger partial charge in [-0.15, -0.1) is 0 Å². The normalized spacial score (nSPS) is 15.5. The van der Waals surface area contributed by atoms with Crippen molar-refractivity contribution in [3.63, 3.8) is 0 Å². The Bertz CT molecular complexity index is 519. The van der Waals surface area contributed by atoms with Gasteiger partial charge in [0.05, 0.1) is 5.69 Å². The molecule has 1 aromatic rings. The summed E-state index contributed by atoms with van der Waals surface area (Å²) in [5.41, 5.74) is 6.59. The van der Waals surface area contributed by atoms with E-state index in [2.05, 4.69) is 5.32 Å². The van der Waals surface area contributed by atoms with E-state index in [4.69, 9.17) is 5.73 Å². The first-order chi connectivity index (χ1) is 9.01. The number of piperazine rings is 1. The third-order valence-electron chi connectivity index (χ3n) is 2.84. The second-order valence-electron chi connectivity index (χ2n) is 4.48. The Morgan fingerprint density at radius 3 is 2.58 bits per heavy atom. The monoisotopic (exact) mass is 264 g/mol. The molecule has 0 radical (unpaired) electrons. The molecule has 1 saturated heterocycles. The zero-order valence-corrected chi connectivity index (χ0v) is 10.7. The zero-order chi connectivity index (χ0) is 14.0. The van der Waals surface area contributed by atoms with Crippen LogP contribution < -0.4 is 11.1 Å². The van der Waals surface area contributed by atoms with Crippen molar-refractivity contribution in [1.82, 2.24) is 14.8 Å². The van der Waals surface area contributed by atoms with Crippen LogP contribution in [0, 0.1) is 0 Å². The molecular weight excluding hydrogens is 248 g/mol. The van der Waals surface area contributed by atoms with Gasteiger partial charge < -0.3 is 15.2 Å². The highest BCUT2D eigenvalue weighted by Crippen LogP contribution is 2.14. The van der Waals surface area contributed by atoms with E-state index < -0.39 is 11.8 Å². The van der Waals surface area contributed by atoms with Crippen molar-refractivity contribution in [2.45, 2.75) is 19.9 Å². The highest BCUT2D eigenvalue weighted by Gasteiger charge is 2.28. The summed E-state index contributed by atoms with van der Waals surface area (Å²) in [7, 11) is 0. The molecule has 19 heavy (non-hydrogen) atoms. The van der Waals surface area contributed by atoms with Crippen LogP contribution in [0.3, 0.4) is 0 Å². The number of imide groups is 1. The van der Waals surface area contributed by atoms with Gasteiger partial charge in [-0.05, 0) is 12.5 Å². The standard InChI is InChI=1S/C12H16N4O3/c1-2-3-15-5-8(13)4-9(15)12(19)16-6-10(17)14-11(18)7-16/h4-5H,2-3,6-7,13H2,1H3,(H,14,17,18). The fourth-order valence-electron chi connectivity index (χ4n) is 2.08. The van der Waals surface area contributed by atoms with E-state index in [1.54, 1.807) is 16.8 Å². The molecule has 7 heteroatoms. The molecule has 1 aliphatic heterocycles. The van der Waals surface area contributed by atoms with Crippen molar-refractivity contribution in [2.75, 3.05) is 18.8 Å². The number of anilines is 1. The average Bonchev–Trinajstić information content (AvgIpc) is 2.68. The molecule has 7 nitrogen and oxygen atoms in total. The quantitative estimate of drug-likeness (QED) is 0.724. The SMILES string of the molecule is CCCn1cc(N)cc1C(=O)N1CC(=O)NC(=O)C1. The predicted octanol–water partition coefficient (Wildman–Crippen LogP) is -0.421. The molecule has 1 fully saturated rings. The van der Waals surface area contributed by atoms with Crippen molar-refractivity contribution in [3.8, 4) is 0 Å². The topological polar surface area (TPSA) is 97.4 Å². The molecule has 1 aliphatic rings. The molecule has 0 atom stereocenters. The molecule has 3 N–H and O–H groups in total. The molecule has 0 bridgehead atoms. The molecule has 0 aliphatic carbocycles. The summed E-state index contributed by atoms with van der Waals surface area (Å²) in [5.74, 6) is -1.29. The molecule has 3 amide bonds. The number of nitrogens with one attached hydrogen (secondary N) is 1. The van der Waals surface area contributed by atoms with E-state index in [1.807, 2.05) is 6.92 Å². The number of hydrogen-bond acceptors (Lipinski definition) is 4. The molecule has 102 valence electrons. The Morgan fingerprint density at radius 1 is 1.37 bits per heavy atom. The first-order valence-electron chi connectivity index (χ1n) is 6.09. The largest absolute Gasteiger partial charge is 0.397 e. The number of aryl methyl sites for hydroxylation is 1. The van der Waals surface area contributed by atoms with Crippen LogP contribution in [0.4, 0.5) is 5.69 Å². The third kappa shape index (κ3) is 2.75. The van der Waals surface area contributed by atoms with Gasteiger partial charge in [0, 0.05) is 12.7 Å². The summed E-state index contributed by atoms with van der Waals surface area (Å²) in [6.45, 7) is 2.43. The Morgan fingerprint density at radius 2 is 2.00 bits per heavy atom. The fourth-order valence-corrected chi connectivity index (χ4v) is 2.08. The number of nitrogen functional groups attached to an aromatic ring is 1. The van der Waals surface area contributed by atoms with Crippen LogP contribution in [0.2, 0.25) is 0 Å². The maximum Gasteiger partial charge on any atom is 0.271 e. The summed E-state index contributed by atoms with van der Waals surface area (Å²) in [5, 5.41) is 2.16. The van der Waals surface area contributed by atoms with Crippen molar-refractivity contribution in [2.24, 2.45) is 0 Å². The molecular formula is C12H16N4O3. The Labute approximate surface area is 110 Å². The average molecular weight is 264 g/mol. The maximum atomic E-state index is 12.3. The minimum absolute atomic E-state index is 0.109. The van der Waals surface area contributed by atoms with Crippen LogP contribution in [0.25, 0.3) is 0 Å². The van der Waals surface area contributed by atoms with Gasteiger partial charge in [0.15, 0.2) is 0 Å². The van der Waals surface area contributed by atoms with E-state index in [0.29, 0.717) is 17.9 Å². The molecule has 0 aromatic carbocycles. The van der Waals surface area contributed by atoms with Crippen LogP contribution in [0.15, 0.2) is 12.3 Å². The Balaban J connectivity index is 2.23. The summed E-state index contributed by atoms with van der Waals surface area (Å²) in [4.78, 5) is 36.1. The minimum atomic E-state index is -0.467. The number of hydrogen-bond donors (Lipinski definition) is 2. The Kier molecular flexibility index (Phi) is 3.55. The Hall–Kier alpha value is -2.31. The van der Waals surface area contributed by atoms with Crippen molar-refractivity contribution in [1.29, 1.82) is 0 Å².